The SMILES string of the molecule is CCCCCCCN(C(=O)C(NC(=O)OC(C)(C)C)C(C)CC)C(C(=O)Nc1ccc(OC)cc1)c1ccc(CC)cc1. The Morgan fingerprint density at radius 2 is 1.51 bits per heavy atom. The number of nitrogens with zero attached hydrogens (tertiary/aromatic N) is 1. The van der Waals surface area contributed by atoms with Gasteiger partial charge in [0.15, 0.2) is 0 Å². The van der Waals surface area contributed by atoms with Crippen LogP contribution in [0.5, 0.6) is 5.75 Å². The first-order chi connectivity index (χ1) is 20.4. The third kappa shape index (κ3) is 11.6. The van der Waals surface area contributed by atoms with E-state index in [-0.39, 0.29) is 17.7 Å². The molecule has 2 aromatic rings. The fourth-order valence-corrected chi connectivity index (χ4v) is 4.84. The average molecular weight is 596 g/mol. The molecular formula is C35H53N3O5. The van der Waals surface area contributed by atoms with E-state index in [0.717, 1.165) is 44.1 Å². The van der Waals surface area contributed by atoms with E-state index in [1.807, 2.05) is 38.1 Å². The minimum atomic E-state index is -0.904. The first-order valence-corrected chi connectivity index (χ1v) is 15.8. The summed E-state index contributed by atoms with van der Waals surface area (Å²) in [5.74, 6) is -0.129. The van der Waals surface area contributed by atoms with Crippen LogP contribution in [0.1, 0.15) is 104 Å². The highest BCUT2D eigenvalue weighted by Crippen LogP contribution is 2.28. The van der Waals surface area contributed by atoms with Gasteiger partial charge in [0.05, 0.1) is 7.11 Å². The summed E-state index contributed by atoms with van der Waals surface area (Å²) in [6.07, 6.45) is 5.82. The zero-order chi connectivity index (χ0) is 32.0. The Morgan fingerprint density at radius 1 is 0.884 bits per heavy atom. The van der Waals surface area contributed by atoms with Gasteiger partial charge in [0.25, 0.3) is 5.91 Å². The summed E-state index contributed by atoms with van der Waals surface area (Å²) < 4.78 is 10.8. The van der Waals surface area contributed by atoms with Gasteiger partial charge in [-0.1, -0.05) is 84.1 Å². The van der Waals surface area contributed by atoms with E-state index in [0.29, 0.717) is 30.0 Å². The Labute approximate surface area is 258 Å². The van der Waals surface area contributed by atoms with Crippen molar-refractivity contribution in [2.75, 3.05) is 19.0 Å². The van der Waals surface area contributed by atoms with Crippen LogP contribution in [0.2, 0.25) is 0 Å². The number of methoxy groups -OCH3 is 1. The zero-order valence-electron chi connectivity index (χ0n) is 27.5. The molecule has 2 rings (SSSR count). The Morgan fingerprint density at radius 3 is 2.05 bits per heavy atom. The van der Waals surface area contributed by atoms with Gasteiger partial charge in [0, 0.05) is 12.2 Å². The molecule has 2 aromatic carbocycles. The van der Waals surface area contributed by atoms with E-state index in [4.69, 9.17) is 9.47 Å². The average Bonchev–Trinajstić information content (AvgIpc) is 2.98. The molecule has 2 N–H and O–H groups in total. The minimum Gasteiger partial charge on any atom is -0.497 e. The number of alkyl carbamates (subject to hydrolysis) is 1. The van der Waals surface area contributed by atoms with Crippen LogP contribution in [0.4, 0.5) is 10.5 Å². The lowest BCUT2D eigenvalue weighted by Gasteiger charge is -2.36. The Balaban J connectivity index is 2.55. The van der Waals surface area contributed by atoms with Gasteiger partial charge in [0.2, 0.25) is 5.91 Å². The fraction of sp³-hybridized carbons (Fsp3) is 0.571. The number of hydrogen-bond acceptors (Lipinski definition) is 5. The molecule has 0 saturated heterocycles. The number of aryl methyl sites for hydroxylation is 1. The molecule has 0 fully saturated rings. The zero-order valence-corrected chi connectivity index (χ0v) is 27.5. The summed E-state index contributed by atoms with van der Waals surface area (Å²) in [6, 6.07) is 13.2. The first-order valence-electron chi connectivity index (χ1n) is 15.8. The number of hydrogen-bond donors (Lipinski definition) is 2. The molecule has 43 heavy (non-hydrogen) atoms. The van der Waals surface area contributed by atoms with Gasteiger partial charge >= 0.3 is 6.09 Å². The minimum absolute atomic E-state index is 0.185. The highest BCUT2D eigenvalue weighted by Gasteiger charge is 2.38. The van der Waals surface area contributed by atoms with Crippen molar-refractivity contribution in [1.29, 1.82) is 0 Å². The molecule has 0 radical (unpaired) electrons. The van der Waals surface area contributed by atoms with Crippen molar-refractivity contribution in [2.45, 2.75) is 111 Å². The van der Waals surface area contributed by atoms with E-state index in [1.54, 1.807) is 57.0 Å². The molecule has 0 aliphatic heterocycles. The maximum absolute atomic E-state index is 14.5. The van der Waals surface area contributed by atoms with Gasteiger partial charge in [-0.15, -0.1) is 0 Å². The molecule has 3 unspecified atom stereocenters. The smallest absolute Gasteiger partial charge is 0.408 e. The topological polar surface area (TPSA) is 97.0 Å². The van der Waals surface area contributed by atoms with Crippen molar-refractivity contribution >= 4 is 23.6 Å². The summed E-state index contributed by atoms with van der Waals surface area (Å²) in [4.78, 5) is 43.2. The maximum atomic E-state index is 14.5. The van der Waals surface area contributed by atoms with Crippen molar-refractivity contribution in [2.24, 2.45) is 5.92 Å². The summed E-state index contributed by atoms with van der Waals surface area (Å²) in [5, 5.41) is 5.86. The number of amides is 3. The Hall–Kier alpha value is -3.55. The largest absolute Gasteiger partial charge is 0.497 e. The van der Waals surface area contributed by atoms with E-state index in [1.165, 1.54) is 0 Å². The summed E-state index contributed by atoms with van der Waals surface area (Å²) in [5.41, 5.74) is 1.74. The molecule has 0 aliphatic carbocycles. The number of anilines is 1. The van der Waals surface area contributed by atoms with Gasteiger partial charge in [-0.05, 0) is 74.9 Å². The van der Waals surface area contributed by atoms with Crippen LogP contribution in [0, 0.1) is 5.92 Å². The molecule has 0 aliphatic rings. The van der Waals surface area contributed by atoms with Gasteiger partial charge in [-0.25, -0.2) is 4.79 Å². The molecule has 0 saturated carbocycles. The van der Waals surface area contributed by atoms with Gasteiger partial charge < -0.3 is 25.0 Å². The Kier molecular flexibility index (Phi) is 14.5. The van der Waals surface area contributed by atoms with Crippen molar-refractivity contribution in [1.82, 2.24) is 10.2 Å². The van der Waals surface area contributed by atoms with Crippen LogP contribution in [0.25, 0.3) is 0 Å². The van der Waals surface area contributed by atoms with Crippen LogP contribution in [-0.2, 0) is 20.7 Å². The summed E-state index contributed by atoms with van der Waals surface area (Å²) in [6.45, 7) is 13.9. The van der Waals surface area contributed by atoms with Crippen molar-refractivity contribution in [3.63, 3.8) is 0 Å². The molecule has 3 atom stereocenters. The number of nitrogens with one attached hydrogen (secondary N) is 2. The number of carbonyl (C=O) groups is 3. The molecule has 0 spiro atoms. The molecular weight excluding hydrogens is 542 g/mol. The monoisotopic (exact) mass is 595 g/mol. The number of rotatable bonds is 16. The molecule has 0 bridgehead atoms. The van der Waals surface area contributed by atoms with Crippen LogP contribution >= 0.6 is 0 Å². The van der Waals surface area contributed by atoms with Gasteiger partial charge in [-0.2, -0.15) is 0 Å². The second kappa shape index (κ2) is 17.5. The van der Waals surface area contributed by atoms with E-state index < -0.39 is 23.8 Å². The molecule has 0 aromatic heterocycles. The number of benzene rings is 2. The van der Waals surface area contributed by atoms with Crippen LogP contribution in [-0.4, -0.2) is 48.1 Å². The summed E-state index contributed by atoms with van der Waals surface area (Å²) in [7, 11) is 1.59. The van der Waals surface area contributed by atoms with Crippen LogP contribution < -0.4 is 15.4 Å². The van der Waals surface area contributed by atoms with Crippen molar-refractivity contribution in [3.8, 4) is 5.75 Å². The predicted molar refractivity (Wildman–Crippen MR) is 173 cm³/mol. The van der Waals surface area contributed by atoms with E-state index >= 15 is 0 Å². The van der Waals surface area contributed by atoms with Gasteiger partial charge in [0.1, 0.15) is 23.4 Å². The van der Waals surface area contributed by atoms with E-state index in [2.05, 4.69) is 24.5 Å². The lowest BCUT2D eigenvalue weighted by Crippen LogP contribution is -2.55. The first kappa shape index (κ1) is 35.6. The normalized spacial score (nSPS) is 13.4. The molecule has 3 amide bonds. The number of unbranched alkanes of at least 4 members (excludes halogenated alkanes) is 4. The van der Waals surface area contributed by atoms with Crippen molar-refractivity contribution in [3.05, 3.63) is 59.7 Å². The van der Waals surface area contributed by atoms with Crippen LogP contribution in [0.3, 0.4) is 0 Å². The molecule has 0 heterocycles. The highest BCUT2D eigenvalue weighted by atomic mass is 16.6. The molecule has 238 valence electrons. The lowest BCUT2D eigenvalue weighted by atomic mass is 9.95. The fourth-order valence-electron chi connectivity index (χ4n) is 4.84. The van der Waals surface area contributed by atoms with E-state index in [9.17, 15) is 14.4 Å². The standard InChI is InChI=1S/C35H53N3O5/c1-9-12-13-14-15-24-38(33(40)30(25(4)10-2)37-34(41)43-35(5,6)7)31(27-18-16-26(11-3)17-19-27)32(39)36-28-20-22-29(42-8)23-21-28/h16-23,25,30-31H,9-15,24H2,1-8H3,(H,36,39)(H,37,41). The molecule has 8 heteroatoms. The third-order valence-corrected chi connectivity index (χ3v) is 7.56. The number of carbonyl (C=O) groups excluding carboxylic acids is 3. The second-order valence-electron chi connectivity index (χ2n) is 12.2. The lowest BCUT2D eigenvalue weighted by molar-refractivity contribution is -0.142. The second-order valence-corrected chi connectivity index (χ2v) is 12.2. The number of ether oxygens (including phenoxy) is 2. The highest BCUT2D eigenvalue weighted by molar-refractivity contribution is 5.99. The maximum Gasteiger partial charge on any atom is 0.408 e. The predicted octanol–water partition coefficient (Wildman–Crippen LogP) is 7.68. The third-order valence-electron chi connectivity index (χ3n) is 7.56. The Bertz CT molecular complexity index is 1140. The quantitative estimate of drug-likeness (QED) is 0.194. The van der Waals surface area contributed by atoms with Gasteiger partial charge in [-0.3, -0.25) is 9.59 Å². The van der Waals surface area contributed by atoms with Crippen molar-refractivity contribution < 1.29 is 23.9 Å². The molecule has 8 nitrogen and oxygen atoms in total. The van der Waals surface area contributed by atoms with Crippen LogP contribution in [0.15, 0.2) is 48.5 Å². The summed E-state index contributed by atoms with van der Waals surface area (Å²) >= 11 is 0.